The van der Waals surface area contributed by atoms with Crippen molar-refractivity contribution < 1.29 is 9.90 Å². The first-order valence-electron chi connectivity index (χ1n) is 7.55. The molecule has 3 rings (SSSR count). The Morgan fingerprint density at radius 1 is 1.48 bits per heavy atom. The molecular formula is C15H18ClN5O2. The van der Waals surface area contributed by atoms with Crippen LogP contribution in [0.25, 0.3) is 0 Å². The lowest BCUT2D eigenvalue weighted by Crippen LogP contribution is -2.41. The number of hydrogen-bond donors (Lipinski definition) is 1. The molecule has 23 heavy (non-hydrogen) atoms. The van der Waals surface area contributed by atoms with Gasteiger partial charge in [-0.05, 0) is 24.5 Å². The van der Waals surface area contributed by atoms with Crippen molar-refractivity contribution in [2.24, 2.45) is 0 Å². The summed E-state index contributed by atoms with van der Waals surface area (Å²) in [6.07, 6.45) is 7.04. The van der Waals surface area contributed by atoms with Crippen LogP contribution >= 0.6 is 11.6 Å². The second-order valence-electron chi connectivity index (χ2n) is 5.63. The fraction of sp³-hybridized carbons (Fsp3) is 0.467. The van der Waals surface area contributed by atoms with Crippen molar-refractivity contribution in [2.75, 3.05) is 13.1 Å². The monoisotopic (exact) mass is 335 g/mol. The fourth-order valence-electron chi connectivity index (χ4n) is 2.78. The molecule has 1 saturated heterocycles. The van der Waals surface area contributed by atoms with E-state index in [2.05, 4.69) is 15.3 Å². The van der Waals surface area contributed by atoms with E-state index >= 15 is 0 Å². The highest BCUT2D eigenvalue weighted by Gasteiger charge is 2.26. The number of hydrogen-bond acceptors (Lipinski definition) is 5. The summed E-state index contributed by atoms with van der Waals surface area (Å²) in [6, 6.07) is 1.86. The van der Waals surface area contributed by atoms with Gasteiger partial charge < -0.3 is 10.0 Å². The summed E-state index contributed by atoms with van der Waals surface area (Å²) in [4.78, 5) is 18.3. The Morgan fingerprint density at radius 2 is 2.35 bits per heavy atom. The van der Waals surface area contributed by atoms with Gasteiger partial charge in [-0.1, -0.05) is 16.8 Å². The third-order valence-corrected chi connectivity index (χ3v) is 4.38. The molecule has 0 aliphatic carbocycles. The maximum absolute atomic E-state index is 12.5. The highest BCUT2D eigenvalue weighted by atomic mass is 35.5. The highest BCUT2D eigenvalue weighted by Crippen LogP contribution is 2.22. The van der Waals surface area contributed by atoms with Crippen LogP contribution in [0.4, 0.5) is 0 Å². The summed E-state index contributed by atoms with van der Waals surface area (Å²) in [5, 5.41) is 17.5. The number of halogens is 1. The van der Waals surface area contributed by atoms with Crippen molar-refractivity contribution in [3.05, 3.63) is 40.9 Å². The molecule has 1 unspecified atom stereocenters. The van der Waals surface area contributed by atoms with E-state index in [0.717, 1.165) is 24.9 Å². The summed E-state index contributed by atoms with van der Waals surface area (Å²) in [6.45, 7) is 1.20. The Balaban J connectivity index is 1.66. The van der Waals surface area contributed by atoms with Gasteiger partial charge in [0.1, 0.15) is 5.69 Å². The van der Waals surface area contributed by atoms with E-state index in [1.807, 2.05) is 4.90 Å². The molecule has 0 aromatic carbocycles. The van der Waals surface area contributed by atoms with Crippen LogP contribution in [-0.4, -0.2) is 49.0 Å². The topological polar surface area (TPSA) is 84.1 Å². The zero-order valence-corrected chi connectivity index (χ0v) is 13.4. The average molecular weight is 336 g/mol. The molecule has 122 valence electrons. The number of aromatic nitrogens is 4. The number of carbonyl (C=O) groups excluding carboxylic acids is 1. The van der Waals surface area contributed by atoms with Gasteiger partial charge in [0.25, 0.3) is 0 Å². The molecule has 0 radical (unpaired) electrons. The third kappa shape index (κ3) is 3.68. The number of rotatable bonds is 4. The molecule has 0 spiro atoms. The number of amides is 1. The molecule has 2 aromatic rings. The lowest BCUT2D eigenvalue weighted by molar-refractivity contribution is -0.132. The second-order valence-corrected chi connectivity index (χ2v) is 6.03. The van der Waals surface area contributed by atoms with Crippen molar-refractivity contribution in [3.8, 4) is 0 Å². The molecule has 1 fully saturated rings. The van der Waals surface area contributed by atoms with Gasteiger partial charge in [0.05, 0.1) is 30.3 Å². The zero-order chi connectivity index (χ0) is 16.2. The van der Waals surface area contributed by atoms with Gasteiger partial charge in [-0.15, -0.1) is 5.10 Å². The van der Waals surface area contributed by atoms with Crippen LogP contribution in [-0.2, 0) is 17.8 Å². The van der Waals surface area contributed by atoms with Gasteiger partial charge in [0.2, 0.25) is 5.91 Å². The number of aliphatic hydroxyl groups excluding tert-OH is 1. The number of pyridine rings is 1. The molecule has 3 heterocycles. The van der Waals surface area contributed by atoms with E-state index in [0.29, 0.717) is 17.3 Å². The van der Waals surface area contributed by atoms with Crippen LogP contribution in [0, 0.1) is 0 Å². The predicted molar refractivity (Wildman–Crippen MR) is 83.7 cm³/mol. The largest absolute Gasteiger partial charge is 0.390 e. The van der Waals surface area contributed by atoms with Crippen LogP contribution in [0.1, 0.15) is 30.1 Å². The van der Waals surface area contributed by atoms with E-state index in [9.17, 15) is 4.79 Å². The molecule has 1 aliphatic rings. The predicted octanol–water partition coefficient (Wildman–Crippen LogP) is 1.22. The number of nitrogens with zero attached hydrogens (tertiary/aromatic N) is 5. The van der Waals surface area contributed by atoms with Gasteiger partial charge in [-0.25, -0.2) is 4.68 Å². The van der Waals surface area contributed by atoms with Gasteiger partial charge in [0.15, 0.2) is 0 Å². The first-order valence-corrected chi connectivity index (χ1v) is 7.93. The van der Waals surface area contributed by atoms with E-state index in [1.54, 1.807) is 29.3 Å². The molecule has 8 heteroatoms. The Kier molecular flexibility index (Phi) is 4.88. The Labute approximate surface area is 138 Å². The molecule has 1 atom stereocenters. The maximum atomic E-state index is 12.5. The van der Waals surface area contributed by atoms with Crippen molar-refractivity contribution in [3.63, 3.8) is 0 Å². The maximum Gasteiger partial charge on any atom is 0.227 e. The zero-order valence-electron chi connectivity index (χ0n) is 12.6. The summed E-state index contributed by atoms with van der Waals surface area (Å²) >= 11 is 6.07. The minimum atomic E-state index is -0.129. The second kappa shape index (κ2) is 7.06. The van der Waals surface area contributed by atoms with Gasteiger partial charge in [-0.2, -0.15) is 0 Å². The molecule has 1 amide bonds. The minimum Gasteiger partial charge on any atom is -0.390 e. The molecule has 0 bridgehead atoms. The van der Waals surface area contributed by atoms with Crippen molar-refractivity contribution in [1.82, 2.24) is 24.9 Å². The Bertz CT molecular complexity index is 690. The molecule has 2 aromatic heterocycles. The summed E-state index contributed by atoms with van der Waals surface area (Å²) in [5.74, 6) is 0.0466. The summed E-state index contributed by atoms with van der Waals surface area (Å²) in [7, 11) is 0. The Hall–Kier alpha value is -1.99. The normalized spacial score (nSPS) is 18.2. The van der Waals surface area contributed by atoms with Gasteiger partial charge >= 0.3 is 0 Å². The number of piperidine rings is 1. The van der Waals surface area contributed by atoms with Crippen LogP contribution < -0.4 is 0 Å². The first kappa shape index (κ1) is 15.9. The fourth-order valence-corrected chi connectivity index (χ4v) is 2.97. The van der Waals surface area contributed by atoms with E-state index in [-0.39, 0.29) is 25.0 Å². The van der Waals surface area contributed by atoms with Crippen LogP contribution in [0.3, 0.4) is 0 Å². The lowest BCUT2D eigenvalue weighted by atomic mass is 10.0. The third-order valence-electron chi connectivity index (χ3n) is 4.04. The van der Waals surface area contributed by atoms with E-state index < -0.39 is 0 Å². The molecular weight excluding hydrogens is 318 g/mol. The average Bonchev–Trinajstić information content (AvgIpc) is 3.06. The smallest absolute Gasteiger partial charge is 0.227 e. The molecule has 7 nitrogen and oxygen atoms in total. The van der Waals surface area contributed by atoms with E-state index in [1.165, 1.54) is 0 Å². The summed E-state index contributed by atoms with van der Waals surface area (Å²) < 4.78 is 1.74. The van der Waals surface area contributed by atoms with Gasteiger partial charge in [-0.3, -0.25) is 9.78 Å². The molecule has 0 saturated carbocycles. The standard InChI is InChI=1S/C15H18ClN5O2/c16-14-7-17-4-3-11(14)6-15(23)20-5-1-2-13(9-20)21-8-12(10-22)18-19-21/h3-4,7-8,13,22H,1-2,5-6,9-10H2. The Morgan fingerprint density at radius 3 is 3.09 bits per heavy atom. The van der Waals surface area contributed by atoms with Crippen molar-refractivity contribution in [1.29, 1.82) is 0 Å². The number of aliphatic hydroxyl groups is 1. The van der Waals surface area contributed by atoms with Crippen LogP contribution in [0.5, 0.6) is 0 Å². The highest BCUT2D eigenvalue weighted by molar-refractivity contribution is 6.31. The van der Waals surface area contributed by atoms with E-state index in [4.69, 9.17) is 16.7 Å². The van der Waals surface area contributed by atoms with Crippen LogP contribution in [0.15, 0.2) is 24.7 Å². The van der Waals surface area contributed by atoms with Crippen LogP contribution in [0.2, 0.25) is 5.02 Å². The summed E-state index contributed by atoms with van der Waals surface area (Å²) in [5.41, 5.74) is 1.33. The SMILES string of the molecule is O=C(Cc1ccncc1Cl)N1CCCC(n2cc(CO)nn2)C1. The number of carbonyl (C=O) groups is 1. The van der Waals surface area contributed by atoms with Crippen molar-refractivity contribution in [2.45, 2.75) is 31.9 Å². The quantitative estimate of drug-likeness (QED) is 0.908. The minimum absolute atomic E-state index is 0.0466. The molecule has 1 aliphatic heterocycles. The number of likely N-dealkylation sites (tertiary alicyclic amines) is 1. The van der Waals surface area contributed by atoms with Crippen molar-refractivity contribution >= 4 is 17.5 Å². The first-order chi connectivity index (χ1) is 11.2. The lowest BCUT2D eigenvalue weighted by Gasteiger charge is -2.32. The molecule has 1 N–H and O–H groups in total. The van der Waals surface area contributed by atoms with Gasteiger partial charge in [0, 0.05) is 25.5 Å².